The molecule has 1 N–H and O–H groups in total. The number of nitrogens with zero attached hydrogens (tertiary/aromatic N) is 2. The van der Waals surface area contributed by atoms with Crippen LogP contribution < -0.4 is 5.32 Å². The van der Waals surface area contributed by atoms with Crippen LogP contribution in [0.3, 0.4) is 0 Å². The van der Waals surface area contributed by atoms with Crippen LogP contribution in [0.1, 0.15) is 35.6 Å². The van der Waals surface area contributed by atoms with E-state index in [0.717, 1.165) is 19.3 Å². The predicted octanol–water partition coefficient (Wildman–Crippen LogP) is 3.79. The number of fused-ring (bicyclic) bond motifs is 1. The summed E-state index contributed by atoms with van der Waals surface area (Å²) in [6.45, 7) is 1.74. The molecule has 5 heteroatoms. The van der Waals surface area contributed by atoms with E-state index in [1.54, 1.807) is 13.0 Å². The van der Waals surface area contributed by atoms with Gasteiger partial charge in [-0.05, 0) is 43.4 Å². The number of rotatable bonds is 3. The molecule has 108 valence electrons. The number of hydrogen-bond acceptors (Lipinski definition) is 4. The smallest absolute Gasteiger partial charge is 0.290 e. The van der Waals surface area contributed by atoms with Gasteiger partial charge in [0.1, 0.15) is 12.0 Å². The zero-order valence-corrected chi connectivity index (χ0v) is 11.9. The van der Waals surface area contributed by atoms with Crippen LogP contribution in [-0.4, -0.2) is 9.91 Å². The van der Waals surface area contributed by atoms with Gasteiger partial charge in [0.15, 0.2) is 0 Å². The second kappa shape index (κ2) is 5.52. The second-order valence-corrected chi connectivity index (χ2v) is 5.40. The Morgan fingerprint density at radius 2 is 2.19 bits per heavy atom. The summed E-state index contributed by atoms with van der Waals surface area (Å²) in [5, 5.41) is 14.2. The second-order valence-electron chi connectivity index (χ2n) is 5.40. The maximum absolute atomic E-state index is 10.8. The van der Waals surface area contributed by atoms with Gasteiger partial charge in [-0.3, -0.25) is 10.1 Å². The van der Waals surface area contributed by atoms with Crippen molar-refractivity contribution in [1.29, 1.82) is 0 Å². The Bertz CT molecular complexity index is 685. The van der Waals surface area contributed by atoms with Gasteiger partial charge in [0.2, 0.25) is 0 Å². The maximum atomic E-state index is 10.8. The normalized spacial score (nSPS) is 17.1. The first kappa shape index (κ1) is 13.5. The van der Waals surface area contributed by atoms with Gasteiger partial charge in [0.05, 0.1) is 11.0 Å². The van der Waals surface area contributed by atoms with Crippen molar-refractivity contribution >= 4 is 11.5 Å². The molecule has 0 bridgehead atoms. The van der Waals surface area contributed by atoms with Gasteiger partial charge in [-0.1, -0.05) is 24.3 Å². The Morgan fingerprint density at radius 1 is 1.38 bits per heavy atom. The summed E-state index contributed by atoms with van der Waals surface area (Å²) in [5.41, 5.74) is 3.37. The molecule has 1 aromatic heterocycles. The molecule has 1 aliphatic carbocycles. The minimum Gasteiger partial charge on any atom is -0.363 e. The molecule has 0 radical (unpaired) electrons. The Kier molecular flexibility index (Phi) is 3.56. The summed E-state index contributed by atoms with van der Waals surface area (Å²) in [7, 11) is 0. The number of pyridine rings is 1. The van der Waals surface area contributed by atoms with Gasteiger partial charge >= 0.3 is 0 Å². The quantitative estimate of drug-likeness (QED) is 0.687. The van der Waals surface area contributed by atoms with Crippen LogP contribution in [0, 0.1) is 17.0 Å². The van der Waals surface area contributed by atoms with E-state index in [-0.39, 0.29) is 11.7 Å². The summed E-state index contributed by atoms with van der Waals surface area (Å²) in [6.07, 6.45) is 4.63. The van der Waals surface area contributed by atoms with Gasteiger partial charge in [-0.25, -0.2) is 4.98 Å². The first-order valence-electron chi connectivity index (χ1n) is 7.10. The number of aryl methyl sites for hydroxylation is 2. The van der Waals surface area contributed by atoms with Crippen molar-refractivity contribution in [3.8, 4) is 0 Å². The summed E-state index contributed by atoms with van der Waals surface area (Å²) >= 11 is 0. The van der Waals surface area contributed by atoms with E-state index in [9.17, 15) is 10.1 Å². The van der Waals surface area contributed by atoms with E-state index < -0.39 is 4.92 Å². The van der Waals surface area contributed by atoms with Crippen molar-refractivity contribution in [2.75, 3.05) is 5.32 Å². The zero-order valence-electron chi connectivity index (χ0n) is 11.9. The van der Waals surface area contributed by atoms with Crippen molar-refractivity contribution in [3.05, 3.63) is 63.3 Å². The summed E-state index contributed by atoms with van der Waals surface area (Å²) < 4.78 is 0. The molecule has 0 fully saturated rings. The Labute approximate surface area is 123 Å². The lowest BCUT2D eigenvalue weighted by molar-refractivity contribution is -0.385. The number of nitro groups is 1. The molecule has 3 rings (SSSR count). The minimum atomic E-state index is -0.401. The highest BCUT2D eigenvalue weighted by molar-refractivity contribution is 5.49. The lowest BCUT2D eigenvalue weighted by Crippen LogP contribution is -2.18. The fraction of sp³-hybridized carbons (Fsp3) is 0.312. The highest BCUT2D eigenvalue weighted by Gasteiger charge is 2.20. The Hall–Kier alpha value is -2.43. The third-order valence-corrected chi connectivity index (χ3v) is 3.97. The van der Waals surface area contributed by atoms with Crippen molar-refractivity contribution in [1.82, 2.24) is 4.98 Å². The highest BCUT2D eigenvalue weighted by Crippen LogP contribution is 2.32. The average molecular weight is 283 g/mol. The predicted molar refractivity (Wildman–Crippen MR) is 81.4 cm³/mol. The van der Waals surface area contributed by atoms with Crippen LogP contribution in [0.25, 0.3) is 0 Å². The molecule has 0 saturated heterocycles. The fourth-order valence-corrected chi connectivity index (χ4v) is 2.90. The standard InChI is InChI=1S/C16H17N3O2/c1-11-9-16(17-10-15(11)19(20)21)18-14-8-4-6-12-5-2-3-7-13(12)14/h2-3,5,7,9-10,14H,4,6,8H2,1H3,(H,17,18). The van der Waals surface area contributed by atoms with Crippen LogP contribution >= 0.6 is 0 Å². The van der Waals surface area contributed by atoms with E-state index in [4.69, 9.17) is 0 Å². The third-order valence-electron chi connectivity index (χ3n) is 3.97. The minimum absolute atomic E-state index is 0.0598. The van der Waals surface area contributed by atoms with Crippen molar-refractivity contribution in [3.63, 3.8) is 0 Å². The van der Waals surface area contributed by atoms with Crippen molar-refractivity contribution in [2.45, 2.75) is 32.2 Å². The first-order chi connectivity index (χ1) is 10.1. The lowest BCUT2D eigenvalue weighted by Gasteiger charge is -2.26. The molecular formula is C16H17N3O2. The molecule has 0 saturated carbocycles. The average Bonchev–Trinajstić information content (AvgIpc) is 2.47. The van der Waals surface area contributed by atoms with E-state index in [0.29, 0.717) is 11.4 Å². The van der Waals surface area contributed by atoms with Crippen LogP contribution in [0.15, 0.2) is 36.5 Å². The summed E-state index contributed by atoms with van der Waals surface area (Å²) in [5.74, 6) is 0.694. The molecule has 1 unspecified atom stereocenters. The molecule has 0 spiro atoms. The molecule has 0 aliphatic heterocycles. The molecule has 1 heterocycles. The first-order valence-corrected chi connectivity index (χ1v) is 7.10. The number of aromatic nitrogens is 1. The lowest BCUT2D eigenvalue weighted by atomic mass is 9.88. The number of nitrogens with one attached hydrogen (secondary N) is 1. The number of benzene rings is 1. The van der Waals surface area contributed by atoms with Crippen LogP contribution in [0.2, 0.25) is 0 Å². The van der Waals surface area contributed by atoms with Crippen LogP contribution in [-0.2, 0) is 6.42 Å². The van der Waals surface area contributed by atoms with E-state index in [1.807, 2.05) is 6.07 Å². The largest absolute Gasteiger partial charge is 0.363 e. The summed E-state index contributed by atoms with van der Waals surface area (Å²) in [6, 6.07) is 10.4. The third kappa shape index (κ3) is 2.72. The van der Waals surface area contributed by atoms with Gasteiger partial charge < -0.3 is 5.32 Å². The van der Waals surface area contributed by atoms with Gasteiger partial charge in [-0.2, -0.15) is 0 Å². The molecular weight excluding hydrogens is 266 g/mol. The summed E-state index contributed by atoms with van der Waals surface area (Å²) in [4.78, 5) is 14.6. The van der Waals surface area contributed by atoms with Crippen molar-refractivity contribution in [2.24, 2.45) is 0 Å². The molecule has 2 aromatic rings. The molecule has 1 aromatic carbocycles. The van der Waals surface area contributed by atoms with E-state index >= 15 is 0 Å². The molecule has 0 amide bonds. The fourth-order valence-electron chi connectivity index (χ4n) is 2.90. The topological polar surface area (TPSA) is 68.1 Å². The molecule has 1 atom stereocenters. The Balaban J connectivity index is 1.85. The SMILES string of the molecule is Cc1cc(NC2CCCc3ccccc32)ncc1[N+](=O)[O-]. The number of hydrogen-bond donors (Lipinski definition) is 1. The molecule has 1 aliphatic rings. The van der Waals surface area contributed by atoms with Crippen LogP contribution in [0.5, 0.6) is 0 Å². The van der Waals surface area contributed by atoms with Gasteiger partial charge in [-0.15, -0.1) is 0 Å². The maximum Gasteiger partial charge on any atom is 0.290 e. The van der Waals surface area contributed by atoms with Gasteiger partial charge in [0, 0.05) is 5.56 Å². The monoisotopic (exact) mass is 283 g/mol. The highest BCUT2D eigenvalue weighted by atomic mass is 16.6. The van der Waals surface area contributed by atoms with Gasteiger partial charge in [0.25, 0.3) is 5.69 Å². The zero-order chi connectivity index (χ0) is 14.8. The van der Waals surface area contributed by atoms with Crippen molar-refractivity contribution < 1.29 is 4.92 Å². The Morgan fingerprint density at radius 3 is 2.95 bits per heavy atom. The molecule has 5 nitrogen and oxygen atoms in total. The van der Waals surface area contributed by atoms with Crippen LogP contribution in [0.4, 0.5) is 11.5 Å². The molecule has 21 heavy (non-hydrogen) atoms. The van der Waals surface area contributed by atoms with E-state index in [1.165, 1.54) is 17.3 Å². The van der Waals surface area contributed by atoms with E-state index in [2.05, 4.69) is 28.5 Å². The number of anilines is 1.